The van der Waals surface area contributed by atoms with Gasteiger partial charge in [-0.3, -0.25) is 9.10 Å². The van der Waals surface area contributed by atoms with Crippen molar-refractivity contribution >= 4 is 33.2 Å². The zero-order valence-electron chi connectivity index (χ0n) is 17.1. The van der Waals surface area contributed by atoms with Gasteiger partial charge < -0.3 is 9.42 Å². The summed E-state index contributed by atoms with van der Waals surface area (Å²) in [5, 5.41) is 4.32. The van der Waals surface area contributed by atoms with Crippen molar-refractivity contribution in [3.63, 3.8) is 0 Å². The molecule has 2 aromatic carbocycles. The van der Waals surface area contributed by atoms with Crippen LogP contribution in [0, 0.1) is 13.8 Å². The third-order valence-electron chi connectivity index (χ3n) is 4.83. The van der Waals surface area contributed by atoms with Crippen molar-refractivity contribution in [1.29, 1.82) is 0 Å². The number of nitrogens with zero attached hydrogens (tertiary/aromatic N) is 3. The molecule has 3 aromatic rings. The maximum absolute atomic E-state index is 13.1. The lowest BCUT2D eigenvalue weighted by Gasteiger charge is -2.21. The first-order chi connectivity index (χ1) is 14.1. The highest BCUT2D eigenvalue weighted by atomic mass is 35.5. The van der Waals surface area contributed by atoms with Crippen molar-refractivity contribution in [2.75, 3.05) is 18.4 Å². The number of aryl methyl sites for hydroxylation is 2. The minimum absolute atomic E-state index is 0.0153. The van der Waals surface area contributed by atoms with Gasteiger partial charge in [0.05, 0.1) is 22.8 Å². The molecule has 1 aromatic heterocycles. The number of hydrogen-bond acceptors (Lipinski definition) is 5. The van der Waals surface area contributed by atoms with Crippen LogP contribution in [0.15, 0.2) is 57.9 Å². The van der Waals surface area contributed by atoms with Crippen LogP contribution in [0.4, 0.5) is 5.69 Å². The van der Waals surface area contributed by atoms with E-state index in [0.717, 1.165) is 9.87 Å². The van der Waals surface area contributed by atoms with Gasteiger partial charge in [-0.1, -0.05) is 28.9 Å². The van der Waals surface area contributed by atoms with Crippen LogP contribution in [0.25, 0.3) is 0 Å². The molecule has 30 heavy (non-hydrogen) atoms. The number of carbonyl (C=O) groups excluding carboxylic acids is 1. The lowest BCUT2D eigenvalue weighted by molar-refractivity contribution is 0.0784. The first-order valence-electron chi connectivity index (χ1n) is 9.13. The van der Waals surface area contributed by atoms with E-state index < -0.39 is 10.0 Å². The number of anilines is 1. The van der Waals surface area contributed by atoms with Crippen molar-refractivity contribution in [1.82, 2.24) is 10.1 Å². The van der Waals surface area contributed by atoms with Crippen LogP contribution < -0.4 is 4.31 Å². The molecule has 0 fully saturated rings. The Balaban J connectivity index is 1.87. The number of halogens is 1. The molecule has 0 aliphatic heterocycles. The van der Waals surface area contributed by atoms with E-state index in [1.807, 2.05) is 6.92 Å². The molecule has 0 spiro atoms. The van der Waals surface area contributed by atoms with Crippen molar-refractivity contribution in [2.24, 2.45) is 0 Å². The van der Waals surface area contributed by atoms with Gasteiger partial charge >= 0.3 is 0 Å². The van der Waals surface area contributed by atoms with Crippen LogP contribution in [0.3, 0.4) is 0 Å². The Hall–Kier alpha value is -2.84. The van der Waals surface area contributed by atoms with Gasteiger partial charge in [-0.05, 0) is 50.2 Å². The van der Waals surface area contributed by atoms with Crippen molar-refractivity contribution < 1.29 is 17.7 Å². The highest BCUT2D eigenvalue weighted by Gasteiger charge is 2.24. The second-order valence-electron chi connectivity index (χ2n) is 6.94. The summed E-state index contributed by atoms with van der Waals surface area (Å²) in [6.45, 7) is 3.90. The molecule has 9 heteroatoms. The molecular formula is C21H22ClN3O4S. The average molecular weight is 448 g/mol. The van der Waals surface area contributed by atoms with Crippen LogP contribution in [0.5, 0.6) is 0 Å². The standard InChI is InChI=1S/C21H22ClN3O4S/c1-14-20(15(2)29-23-14)13-24(3)21(26)16-7-5-10-19(11-16)30(27,28)25(4)18-9-6-8-17(22)12-18/h5-12H,13H2,1-4H3. The quantitative estimate of drug-likeness (QED) is 0.569. The lowest BCUT2D eigenvalue weighted by Crippen LogP contribution is -2.28. The molecule has 0 N–H and O–H groups in total. The summed E-state index contributed by atoms with van der Waals surface area (Å²) in [5.74, 6) is 0.337. The summed E-state index contributed by atoms with van der Waals surface area (Å²) >= 11 is 5.98. The minimum atomic E-state index is -3.87. The van der Waals surface area contributed by atoms with E-state index in [-0.39, 0.29) is 16.4 Å². The van der Waals surface area contributed by atoms with Crippen LogP contribution in [-0.4, -0.2) is 38.5 Å². The molecule has 7 nitrogen and oxygen atoms in total. The summed E-state index contributed by atoms with van der Waals surface area (Å²) in [5.41, 5.74) is 2.24. The van der Waals surface area contributed by atoms with Crippen molar-refractivity contribution in [3.8, 4) is 0 Å². The summed E-state index contributed by atoms with van der Waals surface area (Å²) in [4.78, 5) is 14.4. The van der Waals surface area contributed by atoms with Gasteiger partial charge in [0, 0.05) is 30.2 Å². The fourth-order valence-corrected chi connectivity index (χ4v) is 4.43. The van der Waals surface area contributed by atoms with Gasteiger partial charge in [-0.25, -0.2) is 8.42 Å². The predicted molar refractivity (Wildman–Crippen MR) is 115 cm³/mol. The van der Waals surface area contributed by atoms with Crippen LogP contribution in [0.1, 0.15) is 27.4 Å². The smallest absolute Gasteiger partial charge is 0.264 e. The summed E-state index contributed by atoms with van der Waals surface area (Å²) in [7, 11) is -0.785. The largest absolute Gasteiger partial charge is 0.361 e. The SMILES string of the molecule is Cc1noc(C)c1CN(C)C(=O)c1cccc(S(=O)(=O)N(C)c2cccc(Cl)c2)c1. The van der Waals surface area contributed by atoms with Gasteiger partial charge in [0.2, 0.25) is 0 Å². The molecule has 0 unspecified atom stereocenters. The highest BCUT2D eigenvalue weighted by molar-refractivity contribution is 7.92. The van der Waals surface area contributed by atoms with E-state index in [1.54, 1.807) is 50.4 Å². The zero-order valence-corrected chi connectivity index (χ0v) is 18.7. The number of benzene rings is 2. The topological polar surface area (TPSA) is 83.7 Å². The first kappa shape index (κ1) is 21.9. The molecule has 1 heterocycles. The normalized spacial score (nSPS) is 11.4. The summed E-state index contributed by atoms with van der Waals surface area (Å²) in [6.07, 6.45) is 0. The molecule has 0 saturated heterocycles. The van der Waals surface area contributed by atoms with Crippen LogP contribution in [-0.2, 0) is 16.6 Å². The van der Waals surface area contributed by atoms with E-state index in [0.29, 0.717) is 28.7 Å². The molecule has 0 aliphatic carbocycles. The Kier molecular flexibility index (Phi) is 6.19. The maximum atomic E-state index is 13.1. The Morgan fingerprint density at radius 2 is 1.80 bits per heavy atom. The van der Waals surface area contributed by atoms with Crippen LogP contribution >= 0.6 is 11.6 Å². The fourth-order valence-electron chi connectivity index (χ4n) is 3.02. The Bertz CT molecular complexity index is 1170. The number of carbonyl (C=O) groups is 1. The Labute approximate surface area is 180 Å². The molecule has 0 atom stereocenters. The molecule has 0 bridgehead atoms. The molecule has 0 radical (unpaired) electrons. The van der Waals surface area contributed by atoms with E-state index in [2.05, 4.69) is 5.16 Å². The molecule has 158 valence electrons. The van der Waals surface area contributed by atoms with Gasteiger partial charge in [0.15, 0.2) is 0 Å². The van der Waals surface area contributed by atoms with Gasteiger partial charge in [0.1, 0.15) is 5.76 Å². The lowest BCUT2D eigenvalue weighted by atomic mass is 10.1. The Morgan fingerprint density at radius 1 is 1.10 bits per heavy atom. The molecule has 3 rings (SSSR count). The third kappa shape index (κ3) is 4.34. The minimum Gasteiger partial charge on any atom is -0.361 e. The fraction of sp³-hybridized carbons (Fsp3) is 0.238. The molecule has 0 aliphatic rings. The van der Waals surface area contributed by atoms with Crippen molar-refractivity contribution in [2.45, 2.75) is 25.3 Å². The molecule has 1 amide bonds. The highest BCUT2D eigenvalue weighted by Crippen LogP contribution is 2.25. The maximum Gasteiger partial charge on any atom is 0.264 e. The van der Waals surface area contributed by atoms with Gasteiger partial charge in [-0.2, -0.15) is 0 Å². The molecular weight excluding hydrogens is 426 g/mol. The zero-order chi connectivity index (χ0) is 22.1. The second-order valence-corrected chi connectivity index (χ2v) is 9.35. The van der Waals surface area contributed by atoms with Crippen molar-refractivity contribution in [3.05, 3.63) is 76.1 Å². The summed E-state index contributed by atoms with van der Waals surface area (Å²) < 4.78 is 32.4. The predicted octanol–water partition coefficient (Wildman–Crippen LogP) is 4.04. The number of amides is 1. The first-order valence-corrected chi connectivity index (χ1v) is 10.9. The van der Waals surface area contributed by atoms with Crippen LogP contribution in [0.2, 0.25) is 5.02 Å². The third-order valence-corrected chi connectivity index (χ3v) is 6.85. The molecule has 0 saturated carbocycles. The summed E-state index contributed by atoms with van der Waals surface area (Å²) in [6, 6.07) is 12.5. The number of rotatable bonds is 6. The van der Waals surface area contributed by atoms with E-state index in [1.165, 1.54) is 24.1 Å². The number of aromatic nitrogens is 1. The van der Waals surface area contributed by atoms with E-state index >= 15 is 0 Å². The second kappa shape index (κ2) is 8.49. The monoisotopic (exact) mass is 447 g/mol. The van der Waals surface area contributed by atoms with Gasteiger partial charge in [0.25, 0.3) is 15.9 Å². The van der Waals surface area contributed by atoms with Gasteiger partial charge in [-0.15, -0.1) is 0 Å². The number of hydrogen-bond donors (Lipinski definition) is 0. The van der Waals surface area contributed by atoms with E-state index in [9.17, 15) is 13.2 Å². The number of sulfonamides is 1. The van der Waals surface area contributed by atoms with E-state index in [4.69, 9.17) is 16.1 Å². The average Bonchev–Trinajstić information content (AvgIpc) is 3.04. The Morgan fingerprint density at radius 3 is 2.43 bits per heavy atom.